The van der Waals surface area contributed by atoms with Gasteiger partial charge in [0.2, 0.25) is 0 Å². The van der Waals surface area contributed by atoms with E-state index in [1.54, 1.807) is 35.9 Å². The second kappa shape index (κ2) is 6.20. The van der Waals surface area contributed by atoms with Crippen LogP contribution in [-0.4, -0.2) is 16.3 Å². The van der Waals surface area contributed by atoms with Crippen molar-refractivity contribution >= 4 is 11.3 Å². The molecular weight excluding hydrogens is 246 g/mol. The number of rotatable bonds is 3. The van der Waals surface area contributed by atoms with E-state index in [0.29, 0.717) is 6.42 Å². The molecule has 4 heteroatoms. The topological polar surface area (TPSA) is 42.2 Å². The summed E-state index contributed by atoms with van der Waals surface area (Å²) in [6, 6.07) is 5.14. The minimum atomic E-state index is 0.0213. The van der Waals surface area contributed by atoms with Gasteiger partial charge in [0.15, 0.2) is 5.43 Å². The highest BCUT2D eigenvalue weighted by Crippen LogP contribution is 2.15. The Hall–Kier alpha value is -1.83. The zero-order valence-corrected chi connectivity index (χ0v) is 10.6. The SMILES string of the molecule is O=c1ccn(Cc2cc(C#CCCO)cs2)cc1. The summed E-state index contributed by atoms with van der Waals surface area (Å²) >= 11 is 1.64. The predicted octanol–water partition coefficient (Wildman–Crippen LogP) is 1.69. The van der Waals surface area contributed by atoms with Crippen LogP contribution in [0.3, 0.4) is 0 Å². The third-order valence-corrected chi connectivity index (χ3v) is 3.24. The van der Waals surface area contributed by atoms with Gasteiger partial charge in [-0.2, -0.15) is 0 Å². The molecule has 2 heterocycles. The number of thiophene rings is 1. The van der Waals surface area contributed by atoms with Crippen LogP contribution in [0.1, 0.15) is 16.9 Å². The first-order valence-electron chi connectivity index (χ1n) is 5.61. The number of hydrogen-bond acceptors (Lipinski definition) is 3. The van der Waals surface area contributed by atoms with E-state index in [4.69, 9.17) is 5.11 Å². The van der Waals surface area contributed by atoms with Gasteiger partial charge in [-0.25, -0.2) is 0 Å². The number of pyridine rings is 1. The highest BCUT2D eigenvalue weighted by atomic mass is 32.1. The summed E-state index contributed by atoms with van der Waals surface area (Å²) in [5.41, 5.74) is 0.998. The standard InChI is InChI=1S/C14H13NO2S/c16-8-2-1-3-12-9-14(18-11-12)10-15-6-4-13(17)5-7-15/h4-7,9,11,16H,2,8,10H2. The molecule has 0 unspecified atom stereocenters. The second-order valence-corrected chi connectivity index (χ2v) is 4.78. The van der Waals surface area contributed by atoms with E-state index in [9.17, 15) is 4.79 Å². The molecule has 0 aliphatic heterocycles. The first-order valence-corrected chi connectivity index (χ1v) is 6.49. The van der Waals surface area contributed by atoms with E-state index < -0.39 is 0 Å². The van der Waals surface area contributed by atoms with Crippen LogP contribution in [-0.2, 0) is 6.54 Å². The summed E-state index contributed by atoms with van der Waals surface area (Å²) in [6.07, 6.45) is 4.06. The van der Waals surface area contributed by atoms with Gasteiger partial charge in [-0.1, -0.05) is 11.8 Å². The van der Waals surface area contributed by atoms with Gasteiger partial charge < -0.3 is 9.67 Å². The molecule has 0 spiro atoms. The lowest BCUT2D eigenvalue weighted by Crippen LogP contribution is -2.03. The van der Waals surface area contributed by atoms with Gasteiger partial charge in [0.05, 0.1) is 13.2 Å². The molecule has 0 aromatic carbocycles. The highest BCUT2D eigenvalue weighted by molar-refractivity contribution is 7.10. The molecule has 0 aliphatic carbocycles. The van der Waals surface area contributed by atoms with Gasteiger partial charge in [-0.3, -0.25) is 4.79 Å². The molecule has 1 N–H and O–H groups in total. The molecule has 18 heavy (non-hydrogen) atoms. The van der Waals surface area contributed by atoms with Gasteiger partial charge in [0.25, 0.3) is 0 Å². The Labute approximate surface area is 109 Å². The van der Waals surface area contributed by atoms with Crippen LogP contribution in [0, 0.1) is 11.8 Å². The van der Waals surface area contributed by atoms with E-state index in [1.165, 1.54) is 4.88 Å². The molecule has 0 atom stereocenters. The Morgan fingerprint density at radius 3 is 2.83 bits per heavy atom. The maximum Gasteiger partial charge on any atom is 0.181 e. The van der Waals surface area contributed by atoms with Gasteiger partial charge in [0.1, 0.15) is 0 Å². The molecule has 92 valence electrons. The summed E-state index contributed by atoms with van der Waals surface area (Å²) in [6.45, 7) is 0.841. The average Bonchev–Trinajstić information content (AvgIpc) is 2.80. The first kappa shape index (κ1) is 12.6. The smallest absolute Gasteiger partial charge is 0.181 e. The maximum absolute atomic E-state index is 11.0. The lowest BCUT2D eigenvalue weighted by Gasteiger charge is -2.02. The van der Waals surface area contributed by atoms with Crippen molar-refractivity contribution in [2.24, 2.45) is 0 Å². The van der Waals surface area contributed by atoms with Crippen molar-refractivity contribution in [3.63, 3.8) is 0 Å². The quantitative estimate of drug-likeness (QED) is 0.852. The molecular formula is C14H13NO2S. The van der Waals surface area contributed by atoms with Crippen LogP contribution in [0.25, 0.3) is 0 Å². The molecule has 2 rings (SSSR count). The van der Waals surface area contributed by atoms with Crippen LogP contribution in [0.15, 0.2) is 40.8 Å². The fourth-order valence-electron chi connectivity index (χ4n) is 1.48. The number of nitrogens with zero attached hydrogens (tertiary/aromatic N) is 1. The monoisotopic (exact) mass is 259 g/mol. The van der Waals surface area contributed by atoms with Gasteiger partial charge in [0, 0.05) is 46.8 Å². The number of hydrogen-bond donors (Lipinski definition) is 1. The molecule has 3 nitrogen and oxygen atoms in total. The summed E-state index contributed by atoms with van der Waals surface area (Å²) in [7, 11) is 0. The summed E-state index contributed by atoms with van der Waals surface area (Å²) in [5, 5.41) is 10.6. The van der Waals surface area contributed by atoms with E-state index in [2.05, 4.69) is 11.8 Å². The first-order chi connectivity index (χ1) is 8.78. The second-order valence-electron chi connectivity index (χ2n) is 3.78. The largest absolute Gasteiger partial charge is 0.395 e. The number of aliphatic hydroxyl groups excluding tert-OH is 1. The number of aromatic nitrogens is 1. The van der Waals surface area contributed by atoms with Crippen LogP contribution in [0.2, 0.25) is 0 Å². The van der Waals surface area contributed by atoms with Crippen molar-refractivity contribution in [2.75, 3.05) is 6.61 Å². The van der Waals surface area contributed by atoms with Crippen LogP contribution < -0.4 is 5.43 Å². The van der Waals surface area contributed by atoms with E-state index in [0.717, 1.165) is 12.1 Å². The molecule has 0 fully saturated rings. The average molecular weight is 259 g/mol. The zero-order valence-electron chi connectivity index (χ0n) is 9.80. The van der Waals surface area contributed by atoms with Crippen molar-refractivity contribution < 1.29 is 5.11 Å². The summed E-state index contributed by atoms with van der Waals surface area (Å²) in [5.74, 6) is 5.90. The molecule has 0 aliphatic rings. The van der Waals surface area contributed by atoms with Gasteiger partial charge in [-0.15, -0.1) is 11.3 Å². The van der Waals surface area contributed by atoms with E-state index in [1.807, 2.05) is 16.0 Å². The fourth-order valence-corrected chi connectivity index (χ4v) is 2.30. The van der Waals surface area contributed by atoms with Crippen molar-refractivity contribution in [1.82, 2.24) is 4.57 Å². The Balaban J connectivity index is 2.05. The molecule has 0 radical (unpaired) electrons. The minimum absolute atomic E-state index is 0.0213. The molecule has 0 saturated carbocycles. The van der Waals surface area contributed by atoms with Crippen molar-refractivity contribution in [3.8, 4) is 11.8 Å². The third-order valence-electron chi connectivity index (χ3n) is 2.32. The Kier molecular flexibility index (Phi) is 4.35. The highest BCUT2D eigenvalue weighted by Gasteiger charge is 1.98. The maximum atomic E-state index is 11.0. The lowest BCUT2D eigenvalue weighted by atomic mass is 10.3. The van der Waals surface area contributed by atoms with Crippen molar-refractivity contribution in [3.05, 3.63) is 56.6 Å². The summed E-state index contributed by atoms with van der Waals surface area (Å²) in [4.78, 5) is 12.2. The zero-order chi connectivity index (χ0) is 12.8. The Morgan fingerprint density at radius 1 is 1.33 bits per heavy atom. The van der Waals surface area contributed by atoms with Crippen molar-refractivity contribution in [2.45, 2.75) is 13.0 Å². The van der Waals surface area contributed by atoms with Crippen molar-refractivity contribution in [1.29, 1.82) is 0 Å². The van der Waals surface area contributed by atoms with E-state index >= 15 is 0 Å². The lowest BCUT2D eigenvalue weighted by molar-refractivity contribution is 0.305. The van der Waals surface area contributed by atoms with Gasteiger partial charge >= 0.3 is 0 Å². The van der Waals surface area contributed by atoms with Crippen LogP contribution in [0.5, 0.6) is 0 Å². The van der Waals surface area contributed by atoms with E-state index in [-0.39, 0.29) is 12.0 Å². The third kappa shape index (κ3) is 3.59. The minimum Gasteiger partial charge on any atom is -0.395 e. The van der Waals surface area contributed by atoms with Crippen LogP contribution >= 0.6 is 11.3 Å². The number of aliphatic hydroxyl groups is 1. The molecule has 2 aromatic rings. The van der Waals surface area contributed by atoms with Gasteiger partial charge in [-0.05, 0) is 6.07 Å². The molecule has 2 aromatic heterocycles. The summed E-state index contributed by atoms with van der Waals surface area (Å²) < 4.78 is 1.96. The Bertz CT molecular complexity index is 610. The molecule has 0 saturated heterocycles. The fraction of sp³-hybridized carbons (Fsp3) is 0.214. The Morgan fingerprint density at radius 2 is 2.11 bits per heavy atom. The normalized spacial score (nSPS) is 9.83. The molecule has 0 amide bonds. The molecule has 0 bridgehead atoms. The van der Waals surface area contributed by atoms with Crippen LogP contribution in [0.4, 0.5) is 0 Å². The predicted molar refractivity (Wildman–Crippen MR) is 72.7 cm³/mol.